The van der Waals surface area contributed by atoms with E-state index in [1.165, 1.54) is 10.6 Å². The summed E-state index contributed by atoms with van der Waals surface area (Å²) in [5, 5.41) is 0.751. The Hall–Kier alpha value is -1.02. The van der Waals surface area contributed by atoms with E-state index in [0.29, 0.717) is 41.5 Å². The minimum absolute atomic E-state index is 0.148. The van der Waals surface area contributed by atoms with Gasteiger partial charge in [-0.1, -0.05) is 35.3 Å². The number of sulfonamides is 1. The first kappa shape index (κ1) is 22.3. The second-order valence-electron chi connectivity index (χ2n) is 7.72. The molecule has 1 saturated heterocycles. The molecule has 1 aliphatic heterocycles. The highest BCUT2D eigenvalue weighted by atomic mass is 35.5. The summed E-state index contributed by atoms with van der Waals surface area (Å²) in [6.07, 6.45) is 1.88. The molecule has 1 amide bonds. The Labute approximate surface area is 171 Å². The number of ether oxygens (including phenoxy) is 1. The Kier molecular flexibility index (Phi) is 7.06. The molecule has 1 aliphatic rings. The van der Waals surface area contributed by atoms with Gasteiger partial charge in [0.25, 0.3) is 0 Å². The van der Waals surface area contributed by atoms with Crippen molar-refractivity contribution in [3.8, 4) is 0 Å². The average molecular weight is 437 g/mol. The van der Waals surface area contributed by atoms with E-state index in [1.54, 1.807) is 23.1 Å². The quantitative estimate of drug-likeness (QED) is 0.710. The molecule has 152 valence electrons. The van der Waals surface area contributed by atoms with Gasteiger partial charge < -0.3 is 9.64 Å². The van der Waals surface area contributed by atoms with E-state index in [0.717, 1.165) is 0 Å². The highest BCUT2D eigenvalue weighted by Gasteiger charge is 2.33. The van der Waals surface area contributed by atoms with Gasteiger partial charge in [-0.3, -0.25) is 0 Å². The molecule has 2 rings (SSSR count). The summed E-state index contributed by atoms with van der Waals surface area (Å²) in [4.78, 5) is 13.8. The van der Waals surface area contributed by atoms with E-state index in [2.05, 4.69) is 0 Å². The number of likely N-dealkylation sites (tertiary alicyclic amines) is 1. The van der Waals surface area contributed by atoms with Crippen molar-refractivity contribution in [2.45, 2.75) is 51.8 Å². The topological polar surface area (TPSA) is 66.9 Å². The summed E-state index contributed by atoms with van der Waals surface area (Å²) in [6, 6.07) is 4.96. The van der Waals surface area contributed by atoms with Crippen molar-refractivity contribution < 1.29 is 17.9 Å². The molecule has 1 aromatic rings. The number of carbonyl (C=O) groups excluding carboxylic acids is 1. The number of halogens is 2. The van der Waals surface area contributed by atoms with Gasteiger partial charge in [0, 0.05) is 25.7 Å². The lowest BCUT2D eigenvalue weighted by Gasteiger charge is -2.37. The molecule has 6 nitrogen and oxygen atoms in total. The summed E-state index contributed by atoms with van der Waals surface area (Å²) >= 11 is 12.3. The average Bonchev–Trinajstić information content (AvgIpc) is 2.54. The standard InChI is InChI=1S/C18H26Cl2N2O4S/c1-18(2,3)26-17(23)21-10-8-14(9-11-21)22(27(4,24)25)12-13-6-5-7-15(19)16(13)20/h5-7,14H,8-12H2,1-4H3. The van der Waals surface area contributed by atoms with E-state index in [4.69, 9.17) is 27.9 Å². The molecule has 0 bridgehead atoms. The number of piperidine rings is 1. The van der Waals surface area contributed by atoms with Crippen LogP contribution in [0.2, 0.25) is 10.0 Å². The van der Waals surface area contributed by atoms with Gasteiger partial charge >= 0.3 is 6.09 Å². The maximum Gasteiger partial charge on any atom is 0.410 e. The van der Waals surface area contributed by atoms with Crippen molar-refractivity contribution in [2.24, 2.45) is 0 Å². The normalized spacial score (nSPS) is 16.6. The van der Waals surface area contributed by atoms with Crippen LogP contribution >= 0.6 is 23.2 Å². The molecule has 9 heteroatoms. The Morgan fingerprint density at radius 3 is 2.37 bits per heavy atom. The van der Waals surface area contributed by atoms with Crippen LogP contribution in [0.15, 0.2) is 18.2 Å². The first-order valence-electron chi connectivity index (χ1n) is 8.76. The molecule has 0 aromatic heterocycles. The third-order valence-corrected chi connectivity index (χ3v) is 6.44. The van der Waals surface area contributed by atoms with Crippen LogP contribution in [0, 0.1) is 0 Å². The molecule has 0 aliphatic carbocycles. The summed E-state index contributed by atoms with van der Waals surface area (Å²) in [5.74, 6) is 0. The fourth-order valence-electron chi connectivity index (χ4n) is 3.02. The molecule has 1 heterocycles. The number of amides is 1. The van der Waals surface area contributed by atoms with Crippen LogP contribution in [0.3, 0.4) is 0 Å². The maximum atomic E-state index is 12.4. The number of carbonyl (C=O) groups is 1. The zero-order chi connectivity index (χ0) is 20.4. The van der Waals surface area contributed by atoms with E-state index >= 15 is 0 Å². The minimum atomic E-state index is -3.46. The lowest BCUT2D eigenvalue weighted by Crippen LogP contribution is -2.49. The lowest BCUT2D eigenvalue weighted by atomic mass is 10.0. The molecule has 0 radical (unpaired) electrons. The Balaban J connectivity index is 2.09. The number of nitrogens with zero attached hydrogens (tertiary/aromatic N) is 2. The molecule has 1 fully saturated rings. The molecule has 0 saturated carbocycles. The highest BCUT2D eigenvalue weighted by Crippen LogP contribution is 2.29. The first-order chi connectivity index (χ1) is 12.4. The summed E-state index contributed by atoms with van der Waals surface area (Å²) < 4.78 is 31.6. The van der Waals surface area contributed by atoms with Crippen LogP contribution < -0.4 is 0 Å². The lowest BCUT2D eigenvalue weighted by molar-refractivity contribution is 0.0176. The van der Waals surface area contributed by atoms with Crippen LogP contribution in [-0.4, -0.2) is 54.7 Å². The summed E-state index contributed by atoms with van der Waals surface area (Å²) in [6.45, 7) is 6.48. The Bertz CT molecular complexity index is 785. The molecule has 0 unspecified atom stereocenters. The molecule has 1 aromatic carbocycles. The van der Waals surface area contributed by atoms with Gasteiger partial charge in [-0.15, -0.1) is 0 Å². The molecule has 0 atom stereocenters. The van der Waals surface area contributed by atoms with Gasteiger partial charge in [0.15, 0.2) is 0 Å². The number of benzene rings is 1. The van der Waals surface area contributed by atoms with Gasteiger partial charge in [-0.25, -0.2) is 13.2 Å². The molecule has 0 spiro atoms. The zero-order valence-electron chi connectivity index (χ0n) is 16.0. The summed E-state index contributed by atoms with van der Waals surface area (Å²) in [7, 11) is -3.46. The van der Waals surface area contributed by atoms with Crippen molar-refractivity contribution in [3.63, 3.8) is 0 Å². The SMILES string of the molecule is CC(C)(C)OC(=O)N1CCC(N(Cc2cccc(Cl)c2Cl)S(C)(=O)=O)CC1. The van der Waals surface area contributed by atoms with Gasteiger partial charge in [0.2, 0.25) is 10.0 Å². The third-order valence-electron chi connectivity index (χ3n) is 4.31. The number of hydrogen-bond acceptors (Lipinski definition) is 4. The second kappa shape index (κ2) is 8.55. The van der Waals surface area contributed by atoms with Crippen molar-refractivity contribution >= 4 is 39.3 Å². The molecule has 27 heavy (non-hydrogen) atoms. The van der Waals surface area contributed by atoms with Crippen LogP contribution in [0.1, 0.15) is 39.2 Å². The number of hydrogen-bond donors (Lipinski definition) is 0. The maximum absolute atomic E-state index is 12.4. The van der Waals surface area contributed by atoms with Gasteiger partial charge in [0.05, 0.1) is 16.3 Å². The van der Waals surface area contributed by atoms with Crippen LogP contribution in [0.5, 0.6) is 0 Å². The predicted octanol–water partition coefficient (Wildman–Crippen LogP) is 4.15. The zero-order valence-corrected chi connectivity index (χ0v) is 18.4. The fraction of sp³-hybridized carbons (Fsp3) is 0.611. The van der Waals surface area contributed by atoms with Crippen molar-refractivity contribution in [2.75, 3.05) is 19.3 Å². The second-order valence-corrected chi connectivity index (χ2v) is 10.4. The van der Waals surface area contributed by atoms with Crippen LogP contribution in [0.4, 0.5) is 4.79 Å². The van der Waals surface area contributed by atoms with E-state index in [1.807, 2.05) is 20.8 Å². The number of rotatable bonds is 4. The third kappa shape index (κ3) is 6.24. The Morgan fingerprint density at radius 2 is 1.85 bits per heavy atom. The molecule has 0 N–H and O–H groups in total. The predicted molar refractivity (Wildman–Crippen MR) is 108 cm³/mol. The monoisotopic (exact) mass is 436 g/mol. The van der Waals surface area contributed by atoms with Crippen molar-refractivity contribution in [1.29, 1.82) is 0 Å². The highest BCUT2D eigenvalue weighted by molar-refractivity contribution is 7.88. The minimum Gasteiger partial charge on any atom is -0.444 e. The van der Waals surface area contributed by atoms with Gasteiger partial charge in [-0.05, 0) is 45.2 Å². The van der Waals surface area contributed by atoms with E-state index in [-0.39, 0.29) is 18.7 Å². The largest absolute Gasteiger partial charge is 0.444 e. The van der Waals surface area contributed by atoms with Gasteiger partial charge in [0.1, 0.15) is 5.60 Å². The van der Waals surface area contributed by atoms with Crippen molar-refractivity contribution in [3.05, 3.63) is 33.8 Å². The molecular weight excluding hydrogens is 411 g/mol. The first-order valence-corrected chi connectivity index (χ1v) is 11.4. The molecular formula is C18H26Cl2N2O4S. The van der Waals surface area contributed by atoms with Crippen LogP contribution in [-0.2, 0) is 21.3 Å². The van der Waals surface area contributed by atoms with E-state index < -0.39 is 15.6 Å². The Morgan fingerprint density at radius 1 is 1.26 bits per heavy atom. The van der Waals surface area contributed by atoms with Crippen molar-refractivity contribution in [1.82, 2.24) is 9.21 Å². The fourth-order valence-corrected chi connectivity index (χ4v) is 4.52. The summed E-state index contributed by atoms with van der Waals surface area (Å²) in [5.41, 5.74) is 0.0972. The van der Waals surface area contributed by atoms with E-state index in [9.17, 15) is 13.2 Å². The van der Waals surface area contributed by atoms with Gasteiger partial charge in [-0.2, -0.15) is 4.31 Å². The smallest absolute Gasteiger partial charge is 0.410 e. The van der Waals surface area contributed by atoms with Crippen LogP contribution in [0.25, 0.3) is 0 Å².